The van der Waals surface area contributed by atoms with Crippen LogP contribution < -0.4 is 10.6 Å². The van der Waals surface area contributed by atoms with Gasteiger partial charge in [0.1, 0.15) is 5.00 Å². The topological polar surface area (TPSA) is 93.7 Å². The predicted octanol–water partition coefficient (Wildman–Crippen LogP) is 1.26. The van der Waals surface area contributed by atoms with E-state index in [1.807, 2.05) is 0 Å². The summed E-state index contributed by atoms with van der Waals surface area (Å²) in [6, 6.07) is 0. The Balaban J connectivity index is 1.65. The van der Waals surface area contributed by atoms with E-state index in [9.17, 15) is 14.4 Å². The molecule has 1 aromatic heterocycles. The van der Waals surface area contributed by atoms with Crippen molar-refractivity contribution in [1.29, 1.82) is 0 Å². The third kappa shape index (κ3) is 3.44. The van der Waals surface area contributed by atoms with E-state index in [1.54, 1.807) is 0 Å². The van der Waals surface area contributed by atoms with Crippen molar-refractivity contribution in [2.75, 3.05) is 25.6 Å². The molecule has 24 heavy (non-hydrogen) atoms. The zero-order valence-corrected chi connectivity index (χ0v) is 14.3. The smallest absolute Gasteiger partial charge is 0.341 e. The van der Waals surface area contributed by atoms with Crippen LogP contribution in [0.5, 0.6) is 0 Å². The fourth-order valence-electron chi connectivity index (χ4n) is 3.06. The van der Waals surface area contributed by atoms with Crippen LogP contribution in [-0.2, 0) is 31.9 Å². The van der Waals surface area contributed by atoms with Crippen molar-refractivity contribution in [2.24, 2.45) is 0 Å². The van der Waals surface area contributed by atoms with Gasteiger partial charge in [-0.1, -0.05) is 0 Å². The highest BCUT2D eigenvalue weighted by molar-refractivity contribution is 7.17. The fourth-order valence-corrected chi connectivity index (χ4v) is 4.33. The molecule has 7 nitrogen and oxygen atoms in total. The molecule has 1 aliphatic heterocycles. The second-order valence-corrected chi connectivity index (χ2v) is 6.96. The number of thiophene rings is 1. The lowest BCUT2D eigenvalue weighted by molar-refractivity contribution is -0.136. The normalized spacial score (nSPS) is 19.0. The summed E-state index contributed by atoms with van der Waals surface area (Å²) >= 11 is 1.34. The molecule has 0 bridgehead atoms. The lowest BCUT2D eigenvalue weighted by Gasteiger charge is -2.11. The third-order valence-electron chi connectivity index (χ3n) is 4.26. The predicted molar refractivity (Wildman–Crippen MR) is 88.3 cm³/mol. The summed E-state index contributed by atoms with van der Waals surface area (Å²) in [5.74, 6) is -1.99. The monoisotopic (exact) mass is 352 g/mol. The average molecular weight is 352 g/mol. The van der Waals surface area contributed by atoms with Crippen LogP contribution in [0.3, 0.4) is 0 Å². The standard InChI is InChI=1S/C16H20N2O5S/c1-22-16(21)12-10-5-2-6-11(10)24-15(12)18-14(20)13(19)17-8-9-4-3-7-23-9/h9H,2-8H2,1H3,(H,17,19)(H,18,20)/t9-/m1/s1. The summed E-state index contributed by atoms with van der Waals surface area (Å²) in [6.07, 6.45) is 4.48. The number of ether oxygens (including phenoxy) is 2. The number of hydrogen-bond acceptors (Lipinski definition) is 6. The van der Waals surface area contributed by atoms with Gasteiger partial charge < -0.3 is 20.1 Å². The molecule has 3 rings (SSSR count). The van der Waals surface area contributed by atoms with Crippen molar-refractivity contribution in [1.82, 2.24) is 5.32 Å². The van der Waals surface area contributed by atoms with Gasteiger partial charge in [0, 0.05) is 18.0 Å². The SMILES string of the molecule is COC(=O)c1c(NC(=O)C(=O)NC[C@H]2CCCO2)sc2c1CCC2. The Morgan fingerprint density at radius 3 is 2.79 bits per heavy atom. The second-order valence-electron chi connectivity index (χ2n) is 5.85. The molecule has 1 fully saturated rings. The number of carbonyl (C=O) groups excluding carboxylic acids is 3. The summed E-state index contributed by atoms with van der Waals surface area (Å²) in [6.45, 7) is 1.01. The first-order valence-corrected chi connectivity index (χ1v) is 8.85. The number of hydrogen-bond donors (Lipinski definition) is 2. The number of nitrogens with one attached hydrogen (secondary N) is 2. The minimum Gasteiger partial charge on any atom is -0.465 e. The van der Waals surface area contributed by atoms with Gasteiger partial charge in [0.2, 0.25) is 0 Å². The number of esters is 1. The summed E-state index contributed by atoms with van der Waals surface area (Å²) in [4.78, 5) is 37.1. The van der Waals surface area contributed by atoms with Crippen LogP contribution in [0.2, 0.25) is 0 Å². The Kier molecular flexibility index (Phi) is 5.15. The zero-order valence-electron chi connectivity index (χ0n) is 13.5. The van der Waals surface area contributed by atoms with Gasteiger partial charge in [0.25, 0.3) is 0 Å². The molecule has 2 amide bonds. The van der Waals surface area contributed by atoms with Gasteiger partial charge in [-0.25, -0.2) is 4.79 Å². The highest BCUT2D eigenvalue weighted by Gasteiger charge is 2.29. The molecular formula is C16H20N2O5S. The van der Waals surface area contributed by atoms with Crippen molar-refractivity contribution < 1.29 is 23.9 Å². The number of methoxy groups -OCH3 is 1. The van der Waals surface area contributed by atoms with E-state index in [2.05, 4.69) is 10.6 Å². The molecule has 1 aliphatic carbocycles. The number of fused-ring (bicyclic) bond motifs is 1. The van der Waals surface area contributed by atoms with Gasteiger partial charge in [0.15, 0.2) is 0 Å². The molecule has 0 radical (unpaired) electrons. The minimum atomic E-state index is -0.780. The number of carbonyl (C=O) groups is 3. The van der Waals surface area contributed by atoms with Crippen molar-refractivity contribution in [2.45, 2.75) is 38.2 Å². The maximum absolute atomic E-state index is 12.1. The van der Waals surface area contributed by atoms with Gasteiger partial charge in [-0.05, 0) is 37.7 Å². The van der Waals surface area contributed by atoms with Crippen molar-refractivity contribution in [3.8, 4) is 0 Å². The zero-order chi connectivity index (χ0) is 17.1. The average Bonchev–Trinajstić information content (AvgIpc) is 3.28. The Morgan fingerprint density at radius 2 is 2.08 bits per heavy atom. The van der Waals surface area contributed by atoms with E-state index in [1.165, 1.54) is 18.4 Å². The van der Waals surface area contributed by atoms with Gasteiger partial charge in [0.05, 0.1) is 18.8 Å². The Bertz CT molecular complexity index is 664. The maximum Gasteiger partial charge on any atom is 0.341 e. The Morgan fingerprint density at radius 1 is 1.25 bits per heavy atom. The Labute approximate surface area is 143 Å². The summed E-state index contributed by atoms with van der Waals surface area (Å²) in [5, 5.41) is 5.52. The first kappa shape index (κ1) is 16.9. The molecule has 1 saturated heterocycles. The lowest BCUT2D eigenvalue weighted by Crippen LogP contribution is -2.39. The lowest BCUT2D eigenvalue weighted by atomic mass is 10.1. The van der Waals surface area contributed by atoms with Crippen LogP contribution in [0.1, 0.15) is 40.1 Å². The van der Waals surface area contributed by atoms with Crippen LogP contribution in [-0.4, -0.2) is 44.1 Å². The molecule has 2 aliphatic rings. The van der Waals surface area contributed by atoms with Crippen LogP contribution >= 0.6 is 11.3 Å². The van der Waals surface area contributed by atoms with Crippen LogP contribution in [0.15, 0.2) is 0 Å². The van der Waals surface area contributed by atoms with Gasteiger partial charge in [-0.15, -0.1) is 11.3 Å². The first-order chi connectivity index (χ1) is 11.6. The molecule has 2 N–H and O–H groups in total. The quantitative estimate of drug-likeness (QED) is 0.628. The van der Waals surface area contributed by atoms with Crippen molar-refractivity contribution >= 4 is 34.1 Å². The Hall–Kier alpha value is -1.93. The molecule has 0 aromatic carbocycles. The van der Waals surface area contributed by atoms with E-state index >= 15 is 0 Å². The van der Waals surface area contributed by atoms with Gasteiger partial charge in [-0.2, -0.15) is 0 Å². The molecule has 0 spiro atoms. The van der Waals surface area contributed by atoms with Crippen LogP contribution in [0, 0.1) is 0 Å². The summed E-state index contributed by atoms with van der Waals surface area (Å²) in [5.41, 5.74) is 1.32. The van der Waals surface area contributed by atoms with Crippen molar-refractivity contribution in [3.63, 3.8) is 0 Å². The molecule has 130 valence electrons. The minimum absolute atomic E-state index is 0.0297. The molecule has 1 aromatic rings. The van der Waals surface area contributed by atoms with Gasteiger partial charge in [-0.3, -0.25) is 9.59 Å². The molecule has 8 heteroatoms. The maximum atomic E-state index is 12.1. The summed E-state index contributed by atoms with van der Waals surface area (Å²) in [7, 11) is 1.31. The fraction of sp³-hybridized carbons (Fsp3) is 0.562. The molecule has 0 unspecified atom stereocenters. The number of anilines is 1. The first-order valence-electron chi connectivity index (χ1n) is 8.03. The number of amides is 2. The highest BCUT2D eigenvalue weighted by Crippen LogP contribution is 2.39. The summed E-state index contributed by atoms with van der Waals surface area (Å²) < 4.78 is 10.2. The second kappa shape index (κ2) is 7.31. The third-order valence-corrected chi connectivity index (χ3v) is 5.47. The van der Waals surface area contributed by atoms with E-state index in [0.717, 1.165) is 42.5 Å². The molecule has 0 saturated carbocycles. The molecule has 1 atom stereocenters. The van der Waals surface area contributed by atoms with E-state index in [0.29, 0.717) is 23.7 Å². The van der Waals surface area contributed by atoms with E-state index < -0.39 is 17.8 Å². The van der Waals surface area contributed by atoms with Crippen molar-refractivity contribution in [3.05, 3.63) is 16.0 Å². The van der Waals surface area contributed by atoms with Gasteiger partial charge >= 0.3 is 17.8 Å². The van der Waals surface area contributed by atoms with Crippen LogP contribution in [0.25, 0.3) is 0 Å². The number of rotatable bonds is 4. The largest absolute Gasteiger partial charge is 0.465 e. The molecule has 2 heterocycles. The number of aryl methyl sites for hydroxylation is 1. The highest BCUT2D eigenvalue weighted by atomic mass is 32.1. The van der Waals surface area contributed by atoms with Crippen LogP contribution in [0.4, 0.5) is 5.00 Å². The van der Waals surface area contributed by atoms with E-state index in [-0.39, 0.29) is 6.10 Å². The van der Waals surface area contributed by atoms with E-state index in [4.69, 9.17) is 9.47 Å². The molecular weight excluding hydrogens is 332 g/mol.